The highest BCUT2D eigenvalue weighted by Gasteiger charge is 2.22. The van der Waals surface area contributed by atoms with Crippen molar-refractivity contribution in [2.75, 3.05) is 32.9 Å². The number of hydrogen-bond donors (Lipinski definition) is 1. The molecule has 1 aliphatic heterocycles. The minimum absolute atomic E-state index is 0.0884. The van der Waals surface area contributed by atoms with E-state index in [1.54, 1.807) is 0 Å². The van der Waals surface area contributed by atoms with Gasteiger partial charge in [0, 0.05) is 19.7 Å². The normalized spacial score (nSPS) is 16.1. The summed E-state index contributed by atoms with van der Waals surface area (Å²) in [7, 11) is 0. The Balaban J connectivity index is 1.60. The van der Waals surface area contributed by atoms with Gasteiger partial charge in [-0.1, -0.05) is 30.3 Å². The van der Waals surface area contributed by atoms with Crippen LogP contribution in [0.25, 0.3) is 0 Å². The minimum atomic E-state index is 0.0884. The van der Waals surface area contributed by atoms with E-state index in [1.807, 2.05) is 23.1 Å². The van der Waals surface area contributed by atoms with E-state index >= 15 is 0 Å². The van der Waals surface area contributed by atoms with Crippen LogP contribution >= 0.6 is 0 Å². The van der Waals surface area contributed by atoms with E-state index < -0.39 is 0 Å². The molecule has 1 amide bonds. The maximum absolute atomic E-state index is 12.0. The maximum Gasteiger partial charge on any atom is 0.248 e. The van der Waals surface area contributed by atoms with Crippen molar-refractivity contribution in [2.24, 2.45) is 5.92 Å². The van der Waals surface area contributed by atoms with Gasteiger partial charge in [0.25, 0.3) is 0 Å². The van der Waals surface area contributed by atoms with Crippen LogP contribution in [0.1, 0.15) is 24.8 Å². The fourth-order valence-electron chi connectivity index (χ4n) is 2.74. The molecule has 0 atom stereocenters. The number of ether oxygens (including phenoxy) is 1. The molecule has 1 saturated heterocycles. The van der Waals surface area contributed by atoms with Gasteiger partial charge in [-0.15, -0.1) is 0 Å². The summed E-state index contributed by atoms with van der Waals surface area (Å²) >= 11 is 0. The van der Waals surface area contributed by atoms with Crippen LogP contribution in [0.15, 0.2) is 30.3 Å². The molecule has 0 bridgehead atoms. The molecular formula is C17H25NO3. The van der Waals surface area contributed by atoms with Gasteiger partial charge in [-0.05, 0) is 37.2 Å². The number of likely N-dealkylation sites (tertiary alicyclic amines) is 1. The number of benzene rings is 1. The van der Waals surface area contributed by atoms with Gasteiger partial charge in [-0.25, -0.2) is 0 Å². The molecule has 1 aliphatic rings. The first-order chi connectivity index (χ1) is 10.3. The van der Waals surface area contributed by atoms with Crippen LogP contribution in [0.2, 0.25) is 0 Å². The summed E-state index contributed by atoms with van der Waals surface area (Å²) in [5, 5.41) is 8.93. The van der Waals surface area contributed by atoms with Crippen LogP contribution in [0, 0.1) is 5.92 Å². The Kier molecular flexibility index (Phi) is 6.70. The van der Waals surface area contributed by atoms with Crippen LogP contribution in [0.3, 0.4) is 0 Å². The SMILES string of the molecule is O=C(COCCc1ccccc1)N1CCC(CCO)CC1. The van der Waals surface area contributed by atoms with Gasteiger partial charge in [0.1, 0.15) is 6.61 Å². The topological polar surface area (TPSA) is 49.8 Å². The molecule has 0 spiro atoms. The lowest BCUT2D eigenvalue weighted by Crippen LogP contribution is -2.40. The first-order valence-electron chi connectivity index (χ1n) is 7.80. The van der Waals surface area contributed by atoms with Gasteiger partial charge in [-0.3, -0.25) is 4.79 Å². The summed E-state index contributed by atoms with van der Waals surface area (Å²) in [6.07, 6.45) is 3.69. The van der Waals surface area contributed by atoms with Crippen molar-refractivity contribution in [2.45, 2.75) is 25.7 Å². The second kappa shape index (κ2) is 8.80. The van der Waals surface area contributed by atoms with E-state index in [9.17, 15) is 4.79 Å². The van der Waals surface area contributed by atoms with Crippen LogP contribution in [-0.2, 0) is 16.0 Å². The molecule has 21 heavy (non-hydrogen) atoms. The number of amides is 1. The third-order valence-corrected chi connectivity index (χ3v) is 4.11. The number of carbonyl (C=O) groups excluding carboxylic acids is 1. The Labute approximate surface area is 126 Å². The molecule has 1 heterocycles. The fraction of sp³-hybridized carbons (Fsp3) is 0.588. The number of aliphatic hydroxyl groups excluding tert-OH is 1. The lowest BCUT2D eigenvalue weighted by Gasteiger charge is -2.31. The molecule has 4 nitrogen and oxygen atoms in total. The van der Waals surface area contributed by atoms with Gasteiger partial charge < -0.3 is 14.7 Å². The Hall–Kier alpha value is -1.39. The number of nitrogens with zero attached hydrogens (tertiary/aromatic N) is 1. The predicted octanol–water partition coefficient (Wildman–Crippen LogP) is 1.87. The van der Waals surface area contributed by atoms with E-state index in [0.717, 1.165) is 38.8 Å². The van der Waals surface area contributed by atoms with Crippen molar-refractivity contribution in [3.05, 3.63) is 35.9 Å². The molecule has 0 radical (unpaired) electrons. The average Bonchev–Trinajstić information content (AvgIpc) is 2.53. The second-order valence-electron chi connectivity index (χ2n) is 5.62. The fourth-order valence-corrected chi connectivity index (χ4v) is 2.74. The molecule has 0 aliphatic carbocycles. The summed E-state index contributed by atoms with van der Waals surface area (Å²) < 4.78 is 5.50. The maximum atomic E-state index is 12.0. The molecule has 1 fully saturated rings. The molecule has 1 aromatic carbocycles. The average molecular weight is 291 g/mol. The van der Waals surface area contributed by atoms with Crippen molar-refractivity contribution in [3.63, 3.8) is 0 Å². The van der Waals surface area contributed by atoms with Gasteiger partial charge in [-0.2, -0.15) is 0 Å². The molecule has 116 valence electrons. The molecule has 1 aromatic rings. The number of aliphatic hydroxyl groups is 1. The largest absolute Gasteiger partial charge is 0.396 e. The van der Waals surface area contributed by atoms with Crippen molar-refractivity contribution in [1.29, 1.82) is 0 Å². The lowest BCUT2D eigenvalue weighted by atomic mass is 9.94. The van der Waals surface area contributed by atoms with Crippen molar-refractivity contribution < 1.29 is 14.6 Å². The van der Waals surface area contributed by atoms with Crippen molar-refractivity contribution in [3.8, 4) is 0 Å². The number of hydrogen-bond acceptors (Lipinski definition) is 3. The van der Waals surface area contributed by atoms with Gasteiger partial charge in [0.2, 0.25) is 5.91 Å². The Bertz CT molecular complexity index is 413. The summed E-state index contributed by atoms with van der Waals surface area (Å²) in [5.74, 6) is 0.656. The zero-order valence-electron chi connectivity index (χ0n) is 12.5. The van der Waals surface area contributed by atoms with Gasteiger partial charge >= 0.3 is 0 Å². The van der Waals surface area contributed by atoms with Gasteiger partial charge in [0.05, 0.1) is 6.61 Å². The zero-order chi connectivity index (χ0) is 14.9. The Morgan fingerprint density at radius 2 is 1.95 bits per heavy atom. The number of piperidine rings is 1. The van der Waals surface area contributed by atoms with E-state index in [4.69, 9.17) is 9.84 Å². The summed E-state index contributed by atoms with van der Waals surface area (Å²) in [4.78, 5) is 13.9. The van der Waals surface area contributed by atoms with Crippen molar-refractivity contribution >= 4 is 5.91 Å². The number of carbonyl (C=O) groups is 1. The molecule has 1 N–H and O–H groups in total. The van der Waals surface area contributed by atoms with Crippen LogP contribution in [0.5, 0.6) is 0 Å². The van der Waals surface area contributed by atoms with Crippen LogP contribution < -0.4 is 0 Å². The zero-order valence-corrected chi connectivity index (χ0v) is 12.5. The Morgan fingerprint density at radius 1 is 1.24 bits per heavy atom. The van der Waals surface area contributed by atoms with Crippen LogP contribution in [0.4, 0.5) is 0 Å². The number of rotatable bonds is 7. The minimum Gasteiger partial charge on any atom is -0.396 e. The molecule has 0 unspecified atom stereocenters. The third-order valence-electron chi connectivity index (χ3n) is 4.11. The second-order valence-corrected chi connectivity index (χ2v) is 5.62. The monoisotopic (exact) mass is 291 g/mol. The predicted molar refractivity (Wildman–Crippen MR) is 82.0 cm³/mol. The van der Waals surface area contributed by atoms with Gasteiger partial charge in [0.15, 0.2) is 0 Å². The third kappa shape index (κ3) is 5.48. The summed E-state index contributed by atoms with van der Waals surface area (Å²) in [6, 6.07) is 10.1. The van der Waals surface area contributed by atoms with E-state index in [-0.39, 0.29) is 19.1 Å². The van der Waals surface area contributed by atoms with E-state index in [2.05, 4.69) is 12.1 Å². The Morgan fingerprint density at radius 3 is 2.62 bits per heavy atom. The summed E-state index contributed by atoms with van der Waals surface area (Å²) in [5.41, 5.74) is 1.23. The molecule has 2 rings (SSSR count). The smallest absolute Gasteiger partial charge is 0.248 e. The standard InChI is InChI=1S/C17H25NO3/c19-12-8-16-6-10-18(11-7-16)17(20)14-21-13-9-15-4-2-1-3-5-15/h1-5,16,19H,6-14H2. The quantitative estimate of drug-likeness (QED) is 0.780. The highest BCUT2D eigenvalue weighted by atomic mass is 16.5. The highest BCUT2D eigenvalue weighted by Crippen LogP contribution is 2.19. The lowest BCUT2D eigenvalue weighted by molar-refractivity contribution is -0.137. The van der Waals surface area contributed by atoms with Crippen molar-refractivity contribution in [1.82, 2.24) is 4.90 Å². The summed E-state index contributed by atoms with van der Waals surface area (Å²) in [6.45, 7) is 2.60. The first-order valence-corrected chi connectivity index (χ1v) is 7.80. The molecule has 4 heteroatoms. The molecule has 0 saturated carbocycles. The molecule has 0 aromatic heterocycles. The first kappa shape index (κ1) is 16.0. The van der Waals surface area contributed by atoms with E-state index in [1.165, 1.54) is 5.56 Å². The highest BCUT2D eigenvalue weighted by molar-refractivity contribution is 5.77. The molecular weight excluding hydrogens is 266 g/mol. The van der Waals surface area contributed by atoms with Crippen LogP contribution in [-0.4, -0.2) is 48.8 Å². The van der Waals surface area contributed by atoms with E-state index in [0.29, 0.717) is 12.5 Å².